The number of aromatic nitrogens is 1. The van der Waals surface area contributed by atoms with Crippen molar-refractivity contribution in [2.45, 2.75) is 19.8 Å². The fourth-order valence-electron chi connectivity index (χ4n) is 2.20. The lowest BCUT2D eigenvalue weighted by Crippen LogP contribution is -2.20. The fourth-order valence-corrected chi connectivity index (χ4v) is 3.40. The Balaban J connectivity index is 2.06. The molecule has 0 unspecified atom stereocenters. The van der Waals surface area contributed by atoms with Crippen LogP contribution in [0.4, 0.5) is 17.3 Å². The van der Waals surface area contributed by atoms with Gasteiger partial charge in [0.25, 0.3) is 0 Å². The molecule has 1 fully saturated rings. The second kappa shape index (κ2) is 7.33. The van der Waals surface area contributed by atoms with E-state index in [1.165, 1.54) is 30.4 Å². The van der Waals surface area contributed by atoms with Crippen LogP contribution < -0.4 is 10.6 Å². The highest BCUT2D eigenvalue weighted by atomic mass is 32.2. The largest absolute Gasteiger partial charge is 0.370 e. The highest BCUT2D eigenvalue weighted by molar-refractivity contribution is 7.99. The molecule has 6 nitrogen and oxygen atoms in total. The Hall–Kier alpha value is -1.50. The Morgan fingerprint density at radius 2 is 2.15 bits per heavy atom. The lowest BCUT2D eigenvalue weighted by atomic mass is 10.0. The molecule has 0 aromatic carbocycles. The van der Waals surface area contributed by atoms with Crippen LogP contribution in [-0.2, 0) is 0 Å². The van der Waals surface area contributed by atoms with Crippen molar-refractivity contribution in [3.05, 3.63) is 22.2 Å². The maximum Gasteiger partial charge on any atom is 0.311 e. The number of pyridine rings is 1. The van der Waals surface area contributed by atoms with Gasteiger partial charge in [0, 0.05) is 19.2 Å². The molecular weight excluding hydrogens is 276 g/mol. The fraction of sp³-hybridized carbons (Fsp3) is 0.615. The van der Waals surface area contributed by atoms with E-state index in [1.807, 2.05) is 18.7 Å². The third-order valence-electron chi connectivity index (χ3n) is 3.33. The van der Waals surface area contributed by atoms with E-state index in [-0.39, 0.29) is 10.6 Å². The number of anilines is 2. The van der Waals surface area contributed by atoms with Gasteiger partial charge in [0.05, 0.1) is 4.92 Å². The Labute approximate surface area is 122 Å². The first-order valence-corrected chi connectivity index (χ1v) is 8.07. The number of hydrogen-bond donors (Lipinski definition) is 2. The first kappa shape index (κ1) is 14.9. The molecule has 0 atom stereocenters. The average molecular weight is 296 g/mol. The smallest absolute Gasteiger partial charge is 0.311 e. The van der Waals surface area contributed by atoms with E-state index < -0.39 is 0 Å². The quantitative estimate of drug-likeness (QED) is 0.620. The Morgan fingerprint density at radius 3 is 2.80 bits per heavy atom. The highest BCUT2D eigenvalue weighted by Crippen LogP contribution is 2.27. The summed E-state index contributed by atoms with van der Waals surface area (Å²) in [5, 5.41) is 17.3. The minimum atomic E-state index is -0.387. The second-order valence-corrected chi connectivity index (χ2v) is 6.01. The van der Waals surface area contributed by atoms with Crippen LogP contribution in [0.5, 0.6) is 0 Å². The van der Waals surface area contributed by atoms with Crippen LogP contribution in [0.25, 0.3) is 0 Å². The zero-order chi connectivity index (χ0) is 14.4. The molecule has 0 aliphatic carbocycles. The number of thioether (sulfide) groups is 1. The van der Waals surface area contributed by atoms with E-state index in [2.05, 4.69) is 15.6 Å². The average Bonchev–Trinajstić information content (AvgIpc) is 2.46. The van der Waals surface area contributed by atoms with E-state index in [9.17, 15) is 10.1 Å². The molecule has 20 heavy (non-hydrogen) atoms. The molecular formula is C13H20N4O2S. The van der Waals surface area contributed by atoms with Gasteiger partial charge in [-0.1, -0.05) is 0 Å². The number of rotatable bonds is 6. The molecule has 0 bridgehead atoms. The summed E-state index contributed by atoms with van der Waals surface area (Å²) in [7, 11) is 0. The number of nitrogens with zero attached hydrogens (tertiary/aromatic N) is 2. The summed E-state index contributed by atoms with van der Waals surface area (Å²) in [4.78, 5) is 15.0. The van der Waals surface area contributed by atoms with E-state index in [0.717, 1.165) is 13.1 Å². The normalized spacial score (nSPS) is 15.8. The molecule has 1 aliphatic rings. The minimum absolute atomic E-state index is 0.0387. The predicted molar refractivity (Wildman–Crippen MR) is 83.6 cm³/mol. The van der Waals surface area contributed by atoms with Gasteiger partial charge in [0.1, 0.15) is 5.82 Å². The third kappa shape index (κ3) is 4.00. The summed E-state index contributed by atoms with van der Waals surface area (Å²) < 4.78 is 0. The van der Waals surface area contributed by atoms with Crippen LogP contribution in [0.1, 0.15) is 19.8 Å². The molecule has 0 amide bonds. The third-order valence-corrected chi connectivity index (χ3v) is 4.38. The SMILES string of the molecule is CCNc1ccc([N+](=O)[O-])c(NCC2CCSCC2)n1. The summed E-state index contributed by atoms with van der Waals surface area (Å²) >= 11 is 1.98. The van der Waals surface area contributed by atoms with Gasteiger partial charge in [-0.05, 0) is 43.3 Å². The van der Waals surface area contributed by atoms with Crippen LogP contribution in [0.3, 0.4) is 0 Å². The minimum Gasteiger partial charge on any atom is -0.370 e. The molecule has 1 aromatic rings. The van der Waals surface area contributed by atoms with E-state index in [0.29, 0.717) is 17.6 Å². The molecule has 0 spiro atoms. The molecule has 2 N–H and O–H groups in total. The number of nitrogens with one attached hydrogen (secondary N) is 2. The zero-order valence-electron chi connectivity index (χ0n) is 11.6. The monoisotopic (exact) mass is 296 g/mol. The first-order chi connectivity index (χ1) is 9.70. The van der Waals surface area contributed by atoms with Gasteiger partial charge in [-0.15, -0.1) is 0 Å². The van der Waals surface area contributed by atoms with Crippen molar-refractivity contribution in [3.8, 4) is 0 Å². The Kier molecular flexibility index (Phi) is 5.46. The molecule has 0 saturated carbocycles. The second-order valence-electron chi connectivity index (χ2n) is 4.79. The van der Waals surface area contributed by atoms with Crippen LogP contribution in [0.2, 0.25) is 0 Å². The molecule has 1 aromatic heterocycles. The van der Waals surface area contributed by atoms with Crippen molar-refractivity contribution in [1.82, 2.24) is 4.98 Å². The molecule has 2 heterocycles. The van der Waals surface area contributed by atoms with Gasteiger partial charge >= 0.3 is 5.69 Å². The maximum atomic E-state index is 11.0. The number of nitro groups is 1. The van der Waals surface area contributed by atoms with Gasteiger partial charge in [-0.25, -0.2) is 4.98 Å². The van der Waals surface area contributed by atoms with E-state index in [1.54, 1.807) is 6.07 Å². The standard InChI is InChI=1S/C13H20N4O2S/c1-2-14-12-4-3-11(17(18)19)13(16-12)15-9-10-5-7-20-8-6-10/h3-4,10H,2,5-9H2,1H3,(H2,14,15,16). The number of hydrogen-bond acceptors (Lipinski definition) is 6. The van der Waals surface area contributed by atoms with Crippen molar-refractivity contribution in [2.24, 2.45) is 5.92 Å². The van der Waals surface area contributed by atoms with Crippen molar-refractivity contribution in [2.75, 3.05) is 35.2 Å². The van der Waals surface area contributed by atoms with Crippen molar-refractivity contribution in [1.29, 1.82) is 0 Å². The van der Waals surface area contributed by atoms with Gasteiger partial charge in [-0.3, -0.25) is 10.1 Å². The summed E-state index contributed by atoms with van der Waals surface area (Å²) in [5.41, 5.74) is 0.0387. The predicted octanol–water partition coefficient (Wildman–Crippen LogP) is 2.98. The van der Waals surface area contributed by atoms with E-state index >= 15 is 0 Å². The molecule has 2 rings (SSSR count). The van der Waals surface area contributed by atoms with Crippen LogP contribution in [-0.4, -0.2) is 34.5 Å². The first-order valence-electron chi connectivity index (χ1n) is 6.91. The molecule has 1 aliphatic heterocycles. The topological polar surface area (TPSA) is 80.1 Å². The zero-order valence-corrected chi connectivity index (χ0v) is 12.4. The molecule has 110 valence electrons. The maximum absolute atomic E-state index is 11.0. The van der Waals surface area contributed by atoms with Crippen LogP contribution in [0.15, 0.2) is 12.1 Å². The van der Waals surface area contributed by atoms with Crippen LogP contribution in [0, 0.1) is 16.0 Å². The Bertz CT molecular complexity index is 464. The van der Waals surface area contributed by atoms with Gasteiger partial charge in [-0.2, -0.15) is 11.8 Å². The molecule has 1 saturated heterocycles. The van der Waals surface area contributed by atoms with E-state index in [4.69, 9.17) is 0 Å². The molecule has 7 heteroatoms. The summed E-state index contributed by atoms with van der Waals surface area (Å²) in [6, 6.07) is 3.15. The van der Waals surface area contributed by atoms with Gasteiger partial charge in [0.2, 0.25) is 5.82 Å². The summed E-state index contributed by atoms with van der Waals surface area (Å²) in [6.45, 7) is 3.46. The lowest BCUT2D eigenvalue weighted by Gasteiger charge is -2.21. The highest BCUT2D eigenvalue weighted by Gasteiger charge is 2.18. The summed E-state index contributed by atoms with van der Waals surface area (Å²) in [5.74, 6) is 3.98. The van der Waals surface area contributed by atoms with Gasteiger partial charge in [0.15, 0.2) is 0 Å². The van der Waals surface area contributed by atoms with Gasteiger partial charge < -0.3 is 10.6 Å². The Morgan fingerprint density at radius 1 is 1.40 bits per heavy atom. The van der Waals surface area contributed by atoms with Crippen LogP contribution >= 0.6 is 11.8 Å². The molecule has 0 radical (unpaired) electrons. The van der Waals surface area contributed by atoms with Crippen molar-refractivity contribution < 1.29 is 4.92 Å². The lowest BCUT2D eigenvalue weighted by molar-refractivity contribution is -0.384. The summed E-state index contributed by atoms with van der Waals surface area (Å²) in [6.07, 6.45) is 2.33. The van der Waals surface area contributed by atoms with Crippen molar-refractivity contribution in [3.63, 3.8) is 0 Å². The van der Waals surface area contributed by atoms with Crippen molar-refractivity contribution >= 4 is 29.1 Å².